The molecule has 7 heteroatoms. The van der Waals surface area contributed by atoms with Gasteiger partial charge in [0.1, 0.15) is 5.75 Å². The number of nitrogens with zero attached hydrogens (tertiary/aromatic N) is 1. The van der Waals surface area contributed by atoms with E-state index in [2.05, 4.69) is 0 Å². The number of sulfonamides is 1. The molecule has 0 fully saturated rings. The van der Waals surface area contributed by atoms with Gasteiger partial charge >= 0.3 is 0 Å². The normalized spacial score (nSPS) is 13.2. The van der Waals surface area contributed by atoms with Crippen molar-refractivity contribution >= 4 is 22.4 Å². The Kier molecular flexibility index (Phi) is 7.51. The molecular formula is C13H23ClN2O3S. The largest absolute Gasteiger partial charge is 0.491 e. The fourth-order valence-corrected chi connectivity index (χ4v) is 2.89. The van der Waals surface area contributed by atoms with Crippen LogP contribution in [0.25, 0.3) is 0 Å². The van der Waals surface area contributed by atoms with Gasteiger partial charge in [0, 0.05) is 19.6 Å². The van der Waals surface area contributed by atoms with Crippen LogP contribution in [0.1, 0.15) is 20.8 Å². The maximum atomic E-state index is 12.3. The molecule has 20 heavy (non-hydrogen) atoms. The van der Waals surface area contributed by atoms with Crippen molar-refractivity contribution in [3.8, 4) is 5.75 Å². The van der Waals surface area contributed by atoms with Crippen LogP contribution in [0.5, 0.6) is 5.75 Å². The van der Waals surface area contributed by atoms with Gasteiger partial charge in [-0.05, 0) is 45.0 Å². The first-order valence-corrected chi connectivity index (χ1v) is 7.68. The molecule has 0 heterocycles. The number of likely N-dealkylation sites (N-methyl/N-ethyl adjacent to an activating group) is 1. The first-order valence-electron chi connectivity index (χ1n) is 6.24. The molecule has 1 aromatic carbocycles. The van der Waals surface area contributed by atoms with Crippen LogP contribution >= 0.6 is 12.4 Å². The number of rotatable bonds is 6. The summed E-state index contributed by atoms with van der Waals surface area (Å²) in [7, 11) is -1.96. The Bertz CT molecular complexity index is 503. The van der Waals surface area contributed by atoms with Gasteiger partial charge in [-0.15, -0.1) is 12.4 Å². The van der Waals surface area contributed by atoms with Crippen LogP contribution in [0.4, 0.5) is 0 Å². The maximum absolute atomic E-state index is 12.3. The topological polar surface area (TPSA) is 72.6 Å². The molecule has 0 aliphatic heterocycles. The second-order valence-electron chi connectivity index (χ2n) is 4.74. The van der Waals surface area contributed by atoms with Gasteiger partial charge in [0.15, 0.2) is 0 Å². The molecule has 1 aromatic rings. The Balaban J connectivity index is 0.00000361. The molecule has 0 bridgehead atoms. The number of benzene rings is 1. The summed E-state index contributed by atoms with van der Waals surface area (Å²) < 4.78 is 31.4. The van der Waals surface area contributed by atoms with Gasteiger partial charge in [-0.25, -0.2) is 8.42 Å². The van der Waals surface area contributed by atoms with Crippen LogP contribution in [0.2, 0.25) is 0 Å². The van der Waals surface area contributed by atoms with Crippen molar-refractivity contribution in [2.45, 2.75) is 37.8 Å². The third-order valence-corrected chi connectivity index (χ3v) is 4.82. The Morgan fingerprint density at radius 1 is 1.20 bits per heavy atom. The van der Waals surface area contributed by atoms with Crippen LogP contribution in [0.15, 0.2) is 29.2 Å². The minimum atomic E-state index is -3.50. The van der Waals surface area contributed by atoms with E-state index in [0.29, 0.717) is 5.75 Å². The van der Waals surface area contributed by atoms with Gasteiger partial charge in [-0.1, -0.05) is 0 Å². The molecule has 5 nitrogen and oxygen atoms in total. The Morgan fingerprint density at radius 3 is 2.10 bits per heavy atom. The van der Waals surface area contributed by atoms with Gasteiger partial charge < -0.3 is 10.5 Å². The molecule has 1 rings (SSSR count). The lowest BCUT2D eigenvalue weighted by atomic mass is 10.3. The highest BCUT2D eigenvalue weighted by atomic mass is 35.5. The van der Waals surface area contributed by atoms with Crippen LogP contribution < -0.4 is 10.5 Å². The van der Waals surface area contributed by atoms with Gasteiger partial charge in [0.2, 0.25) is 10.0 Å². The predicted octanol–water partition coefficient (Wildman–Crippen LogP) is 1.86. The Morgan fingerprint density at radius 2 is 1.70 bits per heavy atom. The first kappa shape index (κ1) is 19.2. The lowest BCUT2D eigenvalue weighted by Crippen LogP contribution is -2.39. The lowest BCUT2D eigenvalue weighted by molar-refractivity contribution is 0.242. The number of ether oxygens (including phenoxy) is 1. The van der Waals surface area contributed by atoms with E-state index in [9.17, 15) is 8.42 Å². The Hall–Kier alpha value is -0.820. The van der Waals surface area contributed by atoms with Gasteiger partial charge in [0.05, 0.1) is 11.0 Å². The van der Waals surface area contributed by atoms with Crippen molar-refractivity contribution in [2.75, 3.05) is 13.6 Å². The fraction of sp³-hybridized carbons (Fsp3) is 0.538. The predicted molar refractivity (Wildman–Crippen MR) is 82.9 cm³/mol. The van der Waals surface area contributed by atoms with Crippen LogP contribution in [-0.2, 0) is 10.0 Å². The highest BCUT2D eigenvalue weighted by Crippen LogP contribution is 2.20. The van der Waals surface area contributed by atoms with E-state index in [-0.39, 0.29) is 36.0 Å². The second kappa shape index (κ2) is 7.83. The Labute approximate surface area is 127 Å². The third kappa shape index (κ3) is 4.63. The molecule has 1 atom stereocenters. The highest BCUT2D eigenvalue weighted by molar-refractivity contribution is 7.89. The van der Waals surface area contributed by atoms with Crippen molar-refractivity contribution in [2.24, 2.45) is 5.73 Å². The highest BCUT2D eigenvalue weighted by Gasteiger charge is 2.24. The summed E-state index contributed by atoms with van der Waals surface area (Å²) in [5.74, 6) is 0.656. The summed E-state index contributed by atoms with van der Waals surface area (Å²) in [5, 5.41) is 0. The smallest absolute Gasteiger partial charge is 0.243 e. The summed E-state index contributed by atoms with van der Waals surface area (Å²) in [6.07, 6.45) is 0.0578. The molecular weight excluding hydrogens is 300 g/mol. The summed E-state index contributed by atoms with van der Waals surface area (Å²) >= 11 is 0. The van der Waals surface area contributed by atoms with E-state index < -0.39 is 10.0 Å². The fourth-order valence-electron chi connectivity index (χ4n) is 1.51. The van der Waals surface area contributed by atoms with Crippen LogP contribution in [-0.4, -0.2) is 38.5 Å². The zero-order valence-electron chi connectivity index (χ0n) is 12.2. The molecule has 116 valence electrons. The molecule has 0 aliphatic carbocycles. The molecule has 0 spiro atoms. The standard InChI is InChI=1S/C13H22N2O3S.ClH/c1-10(2)18-12-5-7-13(8-6-12)19(16,17)15(4)11(3)9-14;/h5-8,10-11H,9,14H2,1-4H3;1H. The molecule has 0 aliphatic rings. The van der Waals surface area contributed by atoms with E-state index in [0.717, 1.165) is 0 Å². The van der Waals surface area contributed by atoms with Crippen molar-refractivity contribution in [1.29, 1.82) is 0 Å². The second-order valence-corrected chi connectivity index (χ2v) is 6.74. The summed E-state index contributed by atoms with van der Waals surface area (Å²) in [4.78, 5) is 0.242. The molecule has 2 N–H and O–H groups in total. The summed E-state index contributed by atoms with van der Waals surface area (Å²) in [6.45, 7) is 5.89. The SMILES string of the molecule is CC(C)Oc1ccc(S(=O)(=O)N(C)C(C)CN)cc1.Cl. The van der Waals surface area contributed by atoms with Crippen LogP contribution in [0.3, 0.4) is 0 Å². The van der Waals surface area contributed by atoms with E-state index in [1.165, 1.54) is 11.4 Å². The van der Waals surface area contributed by atoms with Gasteiger partial charge in [0.25, 0.3) is 0 Å². The number of nitrogens with two attached hydrogens (primary N) is 1. The molecule has 0 amide bonds. The van der Waals surface area contributed by atoms with Crippen molar-refractivity contribution in [3.05, 3.63) is 24.3 Å². The minimum absolute atomic E-state index is 0. The average molecular weight is 323 g/mol. The monoisotopic (exact) mass is 322 g/mol. The van der Waals surface area contributed by atoms with Crippen molar-refractivity contribution in [1.82, 2.24) is 4.31 Å². The third-order valence-electron chi connectivity index (χ3n) is 2.83. The van der Waals surface area contributed by atoms with E-state index in [1.54, 1.807) is 31.2 Å². The van der Waals surface area contributed by atoms with Gasteiger partial charge in [-0.2, -0.15) is 4.31 Å². The zero-order chi connectivity index (χ0) is 14.6. The van der Waals surface area contributed by atoms with E-state index in [4.69, 9.17) is 10.5 Å². The molecule has 0 aromatic heterocycles. The summed E-state index contributed by atoms with van der Waals surface area (Å²) in [6, 6.07) is 6.18. The minimum Gasteiger partial charge on any atom is -0.491 e. The van der Waals surface area contributed by atoms with E-state index >= 15 is 0 Å². The molecule has 0 saturated carbocycles. The molecule has 0 saturated heterocycles. The lowest BCUT2D eigenvalue weighted by Gasteiger charge is -2.23. The maximum Gasteiger partial charge on any atom is 0.243 e. The zero-order valence-corrected chi connectivity index (χ0v) is 13.9. The van der Waals surface area contributed by atoms with Gasteiger partial charge in [-0.3, -0.25) is 0 Å². The quantitative estimate of drug-likeness (QED) is 0.867. The molecule has 0 radical (unpaired) electrons. The van der Waals surface area contributed by atoms with Crippen LogP contribution in [0, 0.1) is 0 Å². The average Bonchev–Trinajstić information content (AvgIpc) is 2.36. The number of halogens is 1. The summed E-state index contributed by atoms with van der Waals surface area (Å²) in [5.41, 5.74) is 5.50. The number of hydrogen-bond donors (Lipinski definition) is 1. The van der Waals surface area contributed by atoms with Crippen molar-refractivity contribution < 1.29 is 13.2 Å². The number of hydrogen-bond acceptors (Lipinski definition) is 4. The van der Waals surface area contributed by atoms with E-state index in [1.807, 2.05) is 13.8 Å². The first-order chi connectivity index (χ1) is 8.78. The van der Waals surface area contributed by atoms with Crippen molar-refractivity contribution in [3.63, 3.8) is 0 Å². The molecule has 1 unspecified atom stereocenters.